The van der Waals surface area contributed by atoms with Gasteiger partial charge in [0, 0.05) is 6.42 Å². The van der Waals surface area contributed by atoms with Crippen LogP contribution in [0.15, 0.2) is 23.8 Å². The van der Waals surface area contributed by atoms with E-state index in [9.17, 15) is 0 Å². The van der Waals surface area contributed by atoms with E-state index >= 15 is 0 Å². The molecule has 1 aromatic rings. The molecular formula is C13H16O2. The highest BCUT2D eigenvalue weighted by Crippen LogP contribution is 2.26. The first-order chi connectivity index (χ1) is 7.33. The molecule has 2 nitrogen and oxygen atoms in total. The van der Waals surface area contributed by atoms with Crippen molar-refractivity contribution in [1.29, 1.82) is 0 Å². The van der Waals surface area contributed by atoms with Crippen LogP contribution in [0.5, 0.6) is 5.75 Å². The number of hydrogen-bond donors (Lipinski definition) is 1. The lowest BCUT2D eigenvalue weighted by atomic mass is 10.1. The van der Waals surface area contributed by atoms with E-state index in [0.29, 0.717) is 0 Å². The van der Waals surface area contributed by atoms with Crippen molar-refractivity contribution in [3.8, 4) is 5.75 Å². The van der Waals surface area contributed by atoms with Gasteiger partial charge in [0.1, 0.15) is 5.75 Å². The molecule has 0 atom stereocenters. The quantitative estimate of drug-likeness (QED) is 0.819. The first-order valence-electron chi connectivity index (χ1n) is 5.39. The van der Waals surface area contributed by atoms with Gasteiger partial charge in [-0.3, -0.25) is 0 Å². The maximum Gasteiger partial charge on any atom is 0.122 e. The fourth-order valence-electron chi connectivity index (χ4n) is 1.79. The summed E-state index contributed by atoms with van der Waals surface area (Å²) < 4.78 is 5.44. The summed E-state index contributed by atoms with van der Waals surface area (Å²) in [7, 11) is 0. The van der Waals surface area contributed by atoms with Crippen LogP contribution < -0.4 is 4.74 Å². The molecule has 2 rings (SSSR count). The Hall–Kier alpha value is -1.28. The third kappa shape index (κ3) is 2.21. The summed E-state index contributed by atoms with van der Waals surface area (Å²) >= 11 is 0. The molecule has 1 aliphatic heterocycles. The summed E-state index contributed by atoms with van der Waals surface area (Å²) in [5.41, 5.74) is 3.50. The second kappa shape index (κ2) is 4.49. The van der Waals surface area contributed by atoms with Crippen LogP contribution in [0, 0.1) is 0 Å². The lowest BCUT2D eigenvalue weighted by molar-refractivity contribution is 0.329. The van der Waals surface area contributed by atoms with Crippen LogP contribution in [0.2, 0.25) is 0 Å². The third-order valence-electron chi connectivity index (χ3n) is 2.74. The molecule has 0 aliphatic carbocycles. The highest BCUT2D eigenvalue weighted by atomic mass is 16.5. The maximum absolute atomic E-state index is 9.09. The van der Waals surface area contributed by atoms with Crippen LogP contribution in [-0.4, -0.2) is 18.3 Å². The summed E-state index contributed by atoms with van der Waals surface area (Å²) in [5.74, 6) is 1.01. The first kappa shape index (κ1) is 10.2. The summed E-state index contributed by atoms with van der Waals surface area (Å²) in [6.45, 7) is 2.99. The van der Waals surface area contributed by atoms with Gasteiger partial charge in [-0.1, -0.05) is 19.1 Å². The van der Waals surface area contributed by atoms with Gasteiger partial charge in [0.2, 0.25) is 0 Å². The molecular weight excluding hydrogens is 188 g/mol. The van der Waals surface area contributed by atoms with Crippen LogP contribution in [-0.2, 0) is 6.42 Å². The van der Waals surface area contributed by atoms with Gasteiger partial charge in [0.25, 0.3) is 0 Å². The minimum Gasteiger partial charge on any atom is -0.493 e. The Balaban J connectivity index is 2.26. The highest BCUT2D eigenvalue weighted by Gasteiger charge is 2.11. The number of rotatable bonds is 3. The molecule has 0 fully saturated rings. The molecule has 0 radical (unpaired) electrons. The number of aliphatic hydroxyl groups is 1. The molecule has 0 amide bonds. The van der Waals surface area contributed by atoms with E-state index in [1.54, 1.807) is 0 Å². The molecule has 0 aromatic heterocycles. The van der Waals surface area contributed by atoms with E-state index < -0.39 is 0 Å². The van der Waals surface area contributed by atoms with Gasteiger partial charge >= 0.3 is 0 Å². The molecule has 0 saturated carbocycles. The highest BCUT2D eigenvalue weighted by molar-refractivity contribution is 5.56. The lowest BCUT2D eigenvalue weighted by Crippen LogP contribution is -1.88. The smallest absolute Gasteiger partial charge is 0.122 e. The van der Waals surface area contributed by atoms with Crippen molar-refractivity contribution in [3.05, 3.63) is 34.9 Å². The van der Waals surface area contributed by atoms with Crippen LogP contribution in [0.3, 0.4) is 0 Å². The molecule has 0 saturated heterocycles. The first-order valence-corrected chi connectivity index (χ1v) is 5.39. The van der Waals surface area contributed by atoms with Crippen LogP contribution in [0.4, 0.5) is 0 Å². The number of hydrogen-bond acceptors (Lipinski definition) is 2. The summed E-state index contributed by atoms with van der Waals surface area (Å²) in [4.78, 5) is 0. The molecule has 0 unspecified atom stereocenters. The van der Waals surface area contributed by atoms with E-state index in [4.69, 9.17) is 9.84 Å². The summed E-state index contributed by atoms with van der Waals surface area (Å²) in [6, 6.07) is 6.20. The molecule has 0 bridgehead atoms. The van der Waals surface area contributed by atoms with E-state index in [0.717, 1.165) is 36.3 Å². The molecule has 1 aliphatic rings. The average Bonchev–Trinajstić information content (AvgIpc) is 2.73. The van der Waals surface area contributed by atoms with Crippen LogP contribution in [0.25, 0.3) is 6.08 Å². The van der Waals surface area contributed by atoms with Gasteiger partial charge in [0.05, 0.1) is 13.2 Å². The summed E-state index contributed by atoms with van der Waals surface area (Å²) in [6.07, 6.45) is 3.94. The number of aliphatic hydroxyl groups excluding tert-OH is 1. The van der Waals surface area contributed by atoms with Crippen molar-refractivity contribution in [2.75, 3.05) is 13.2 Å². The SMILES string of the molecule is CCC(=Cc1ccc2c(c1)CCO2)CO. The Kier molecular flexibility index (Phi) is 3.07. The molecule has 15 heavy (non-hydrogen) atoms. The fourth-order valence-corrected chi connectivity index (χ4v) is 1.79. The Labute approximate surface area is 90.2 Å². The largest absolute Gasteiger partial charge is 0.493 e. The second-order valence-corrected chi connectivity index (χ2v) is 3.78. The van der Waals surface area contributed by atoms with Gasteiger partial charge in [-0.15, -0.1) is 0 Å². The fraction of sp³-hybridized carbons (Fsp3) is 0.385. The standard InChI is InChI=1S/C13H16O2/c1-2-10(9-14)7-11-3-4-13-12(8-11)5-6-15-13/h3-4,7-8,14H,2,5-6,9H2,1H3. The Morgan fingerprint density at radius 3 is 3.13 bits per heavy atom. The molecule has 2 heteroatoms. The van der Waals surface area contributed by atoms with Crippen molar-refractivity contribution in [2.45, 2.75) is 19.8 Å². The normalized spacial score (nSPS) is 14.9. The summed E-state index contributed by atoms with van der Waals surface area (Å²) in [5, 5.41) is 9.09. The molecule has 1 N–H and O–H groups in total. The van der Waals surface area contributed by atoms with Crippen molar-refractivity contribution < 1.29 is 9.84 Å². The van der Waals surface area contributed by atoms with Crippen molar-refractivity contribution in [1.82, 2.24) is 0 Å². The zero-order chi connectivity index (χ0) is 10.7. The predicted octanol–water partition coefficient (Wildman–Crippen LogP) is 2.41. The van der Waals surface area contributed by atoms with E-state index in [-0.39, 0.29) is 6.61 Å². The zero-order valence-electron chi connectivity index (χ0n) is 8.99. The Bertz CT molecular complexity index is 374. The number of ether oxygens (including phenoxy) is 1. The molecule has 1 heterocycles. The zero-order valence-corrected chi connectivity index (χ0v) is 8.99. The molecule has 80 valence electrons. The van der Waals surface area contributed by atoms with Crippen molar-refractivity contribution >= 4 is 6.08 Å². The van der Waals surface area contributed by atoms with E-state index in [2.05, 4.69) is 19.1 Å². The van der Waals surface area contributed by atoms with Gasteiger partial charge in [0.15, 0.2) is 0 Å². The van der Waals surface area contributed by atoms with E-state index in [1.165, 1.54) is 5.56 Å². The number of fused-ring (bicyclic) bond motifs is 1. The van der Waals surface area contributed by atoms with E-state index in [1.807, 2.05) is 12.1 Å². The van der Waals surface area contributed by atoms with Crippen molar-refractivity contribution in [3.63, 3.8) is 0 Å². The van der Waals surface area contributed by atoms with Crippen LogP contribution in [0.1, 0.15) is 24.5 Å². The minimum atomic E-state index is 0.143. The van der Waals surface area contributed by atoms with Crippen LogP contribution >= 0.6 is 0 Å². The van der Waals surface area contributed by atoms with Gasteiger partial charge in [-0.25, -0.2) is 0 Å². The van der Waals surface area contributed by atoms with Gasteiger partial charge in [-0.2, -0.15) is 0 Å². The molecule has 1 aromatic carbocycles. The third-order valence-corrected chi connectivity index (χ3v) is 2.74. The lowest BCUT2D eigenvalue weighted by Gasteiger charge is -2.02. The van der Waals surface area contributed by atoms with Gasteiger partial charge < -0.3 is 9.84 Å². The molecule has 0 spiro atoms. The maximum atomic E-state index is 9.09. The predicted molar refractivity (Wildman–Crippen MR) is 61.0 cm³/mol. The second-order valence-electron chi connectivity index (χ2n) is 3.78. The topological polar surface area (TPSA) is 29.5 Å². The average molecular weight is 204 g/mol. The Morgan fingerprint density at radius 1 is 1.53 bits per heavy atom. The van der Waals surface area contributed by atoms with Gasteiger partial charge in [-0.05, 0) is 35.3 Å². The van der Waals surface area contributed by atoms with Crippen molar-refractivity contribution in [2.24, 2.45) is 0 Å². The monoisotopic (exact) mass is 204 g/mol. The Morgan fingerprint density at radius 2 is 2.40 bits per heavy atom. The minimum absolute atomic E-state index is 0.143. The number of benzene rings is 1.